The summed E-state index contributed by atoms with van der Waals surface area (Å²) in [4.78, 5) is 0. The Bertz CT molecular complexity index is 733. The second kappa shape index (κ2) is 7.52. The molecule has 0 fully saturated rings. The molecule has 0 heterocycles. The number of allylic oxidation sites excluding steroid dienone is 1. The van der Waals surface area contributed by atoms with E-state index in [1.54, 1.807) is 0 Å². The quantitative estimate of drug-likeness (QED) is 0.339. The maximum absolute atomic E-state index is 9.34. The number of nitriles is 1. The van der Waals surface area contributed by atoms with Gasteiger partial charge in [-0.1, -0.05) is 30.2 Å². The van der Waals surface area contributed by atoms with E-state index in [9.17, 15) is 5.26 Å². The third-order valence-electron chi connectivity index (χ3n) is 2.77. The van der Waals surface area contributed by atoms with Crippen molar-refractivity contribution in [2.75, 3.05) is 6.61 Å². The molecule has 2 aromatic carbocycles. The van der Waals surface area contributed by atoms with Crippen molar-refractivity contribution in [3.05, 3.63) is 63.2 Å². The molecule has 0 saturated carbocycles. The first-order valence-corrected chi connectivity index (χ1v) is 7.35. The summed E-state index contributed by atoms with van der Waals surface area (Å²) in [5, 5.41) is 9.34. The van der Waals surface area contributed by atoms with Crippen molar-refractivity contribution in [1.82, 2.24) is 0 Å². The van der Waals surface area contributed by atoms with Crippen molar-refractivity contribution in [3.8, 4) is 24.2 Å². The molecule has 0 atom stereocenters. The molecule has 3 heteroatoms. The second-order valence-corrected chi connectivity index (χ2v) is 5.49. The standard InChI is InChI=1S/C18H12INO/c1-2-10-21-18-5-3-4-14(12-18)11-16(13-20)15-6-8-17(19)9-7-15/h1,3-9,11-12H,10H2. The van der Waals surface area contributed by atoms with E-state index in [-0.39, 0.29) is 6.61 Å². The van der Waals surface area contributed by atoms with Gasteiger partial charge in [0.05, 0.1) is 11.6 Å². The van der Waals surface area contributed by atoms with Crippen LogP contribution in [0.1, 0.15) is 11.1 Å². The summed E-state index contributed by atoms with van der Waals surface area (Å²) in [6.07, 6.45) is 7.01. The van der Waals surface area contributed by atoms with Crippen LogP contribution in [0, 0.1) is 27.2 Å². The summed E-state index contributed by atoms with van der Waals surface area (Å²) >= 11 is 2.24. The monoisotopic (exact) mass is 385 g/mol. The predicted molar refractivity (Wildman–Crippen MR) is 93.4 cm³/mol. The van der Waals surface area contributed by atoms with Crippen molar-refractivity contribution in [1.29, 1.82) is 5.26 Å². The Labute approximate surface area is 138 Å². The van der Waals surface area contributed by atoms with Crippen LogP contribution in [-0.4, -0.2) is 6.61 Å². The average Bonchev–Trinajstić information content (AvgIpc) is 2.52. The molecule has 0 aliphatic carbocycles. The number of benzene rings is 2. The Balaban J connectivity index is 2.30. The molecule has 0 N–H and O–H groups in total. The van der Waals surface area contributed by atoms with Gasteiger partial charge in [0, 0.05) is 3.57 Å². The molecule has 0 aliphatic rings. The Morgan fingerprint density at radius 1 is 1.24 bits per heavy atom. The Morgan fingerprint density at radius 3 is 2.67 bits per heavy atom. The summed E-state index contributed by atoms with van der Waals surface area (Å²) < 4.78 is 6.52. The van der Waals surface area contributed by atoms with Gasteiger partial charge in [0.15, 0.2) is 0 Å². The minimum absolute atomic E-state index is 0.232. The van der Waals surface area contributed by atoms with Gasteiger partial charge >= 0.3 is 0 Å². The summed E-state index contributed by atoms with van der Waals surface area (Å²) in [5.74, 6) is 3.12. The molecule has 0 amide bonds. The van der Waals surface area contributed by atoms with E-state index in [1.807, 2.05) is 54.6 Å². The molecule has 0 spiro atoms. The number of nitrogens with zero attached hydrogens (tertiary/aromatic N) is 1. The van der Waals surface area contributed by atoms with Crippen molar-refractivity contribution in [2.24, 2.45) is 0 Å². The SMILES string of the molecule is C#CCOc1cccc(C=C(C#N)c2ccc(I)cc2)c1. The zero-order valence-electron chi connectivity index (χ0n) is 11.2. The number of hydrogen-bond donors (Lipinski definition) is 0. The van der Waals surface area contributed by atoms with Crippen LogP contribution in [0.5, 0.6) is 5.75 Å². The van der Waals surface area contributed by atoms with Crippen LogP contribution in [0.25, 0.3) is 11.6 Å². The van der Waals surface area contributed by atoms with Gasteiger partial charge in [0.25, 0.3) is 0 Å². The first-order chi connectivity index (χ1) is 10.2. The van der Waals surface area contributed by atoms with Crippen molar-refractivity contribution < 1.29 is 4.74 Å². The van der Waals surface area contributed by atoms with Gasteiger partial charge in [-0.15, -0.1) is 6.42 Å². The number of ether oxygens (including phenoxy) is 1. The fourth-order valence-electron chi connectivity index (χ4n) is 1.80. The molecule has 21 heavy (non-hydrogen) atoms. The summed E-state index contributed by atoms with van der Waals surface area (Å²) in [6.45, 7) is 0.232. The van der Waals surface area contributed by atoms with Crippen LogP contribution < -0.4 is 4.74 Å². The van der Waals surface area contributed by atoms with Gasteiger partial charge in [-0.3, -0.25) is 0 Å². The molecule has 0 saturated heterocycles. The highest BCUT2D eigenvalue weighted by Crippen LogP contribution is 2.21. The normalized spacial score (nSPS) is 10.5. The summed E-state index contributed by atoms with van der Waals surface area (Å²) in [5.41, 5.74) is 2.41. The molecule has 0 aliphatic heterocycles. The molecule has 2 nitrogen and oxygen atoms in total. The minimum Gasteiger partial charge on any atom is -0.481 e. The maximum Gasteiger partial charge on any atom is 0.148 e. The lowest BCUT2D eigenvalue weighted by atomic mass is 10.0. The van der Waals surface area contributed by atoms with Gasteiger partial charge < -0.3 is 4.74 Å². The summed E-state index contributed by atoms with van der Waals surface area (Å²) in [6, 6.07) is 17.6. The first kappa shape index (κ1) is 15.2. The largest absolute Gasteiger partial charge is 0.481 e. The van der Waals surface area contributed by atoms with Gasteiger partial charge in [0.1, 0.15) is 12.4 Å². The highest BCUT2D eigenvalue weighted by molar-refractivity contribution is 14.1. The van der Waals surface area contributed by atoms with E-state index >= 15 is 0 Å². The fraction of sp³-hybridized carbons (Fsp3) is 0.0556. The molecule has 2 rings (SSSR count). The Kier molecular flexibility index (Phi) is 5.43. The zero-order valence-corrected chi connectivity index (χ0v) is 13.4. The lowest BCUT2D eigenvalue weighted by molar-refractivity contribution is 0.370. The highest BCUT2D eigenvalue weighted by Gasteiger charge is 2.02. The van der Waals surface area contributed by atoms with Crippen molar-refractivity contribution in [2.45, 2.75) is 0 Å². The van der Waals surface area contributed by atoms with Gasteiger partial charge in [0.2, 0.25) is 0 Å². The Morgan fingerprint density at radius 2 is 2.00 bits per heavy atom. The molecule has 2 aromatic rings. The van der Waals surface area contributed by atoms with Crippen LogP contribution in [0.2, 0.25) is 0 Å². The van der Waals surface area contributed by atoms with Crippen LogP contribution >= 0.6 is 22.6 Å². The first-order valence-electron chi connectivity index (χ1n) is 6.27. The van der Waals surface area contributed by atoms with Gasteiger partial charge in [-0.2, -0.15) is 5.26 Å². The van der Waals surface area contributed by atoms with Crippen LogP contribution in [-0.2, 0) is 0 Å². The van der Waals surface area contributed by atoms with E-state index in [0.717, 1.165) is 14.7 Å². The summed E-state index contributed by atoms with van der Waals surface area (Å²) in [7, 11) is 0. The average molecular weight is 385 g/mol. The van der Waals surface area contributed by atoms with E-state index < -0.39 is 0 Å². The van der Waals surface area contributed by atoms with Crippen LogP contribution in [0.15, 0.2) is 48.5 Å². The molecular formula is C18H12INO. The number of terminal acetylenes is 1. The zero-order chi connectivity index (χ0) is 15.1. The maximum atomic E-state index is 9.34. The third-order valence-corrected chi connectivity index (χ3v) is 3.49. The third kappa shape index (κ3) is 4.37. The van der Waals surface area contributed by atoms with Crippen LogP contribution in [0.3, 0.4) is 0 Å². The van der Waals surface area contributed by atoms with Crippen LogP contribution in [0.4, 0.5) is 0 Å². The number of rotatable bonds is 4. The lowest BCUT2D eigenvalue weighted by Gasteiger charge is -2.04. The second-order valence-electron chi connectivity index (χ2n) is 4.24. The minimum atomic E-state index is 0.232. The smallest absolute Gasteiger partial charge is 0.148 e. The van der Waals surface area contributed by atoms with Crippen molar-refractivity contribution in [3.63, 3.8) is 0 Å². The number of halogens is 1. The van der Waals surface area contributed by atoms with E-state index in [1.165, 1.54) is 0 Å². The Hall–Kier alpha value is -2.24. The predicted octanol–water partition coefficient (Wildman–Crippen LogP) is 4.37. The van der Waals surface area contributed by atoms with Crippen molar-refractivity contribution >= 4 is 34.2 Å². The number of hydrogen-bond acceptors (Lipinski definition) is 2. The van der Waals surface area contributed by atoms with Gasteiger partial charge in [-0.25, -0.2) is 0 Å². The van der Waals surface area contributed by atoms with E-state index in [4.69, 9.17) is 11.2 Å². The molecule has 0 radical (unpaired) electrons. The van der Waals surface area contributed by atoms with E-state index in [0.29, 0.717) is 11.3 Å². The lowest BCUT2D eigenvalue weighted by Crippen LogP contribution is -1.93. The van der Waals surface area contributed by atoms with Gasteiger partial charge in [-0.05, 0) is 64.1 Å². The van der Waals surface area contributed by atoms with E-state index in [2.05, 4.69) is 34.6 Å². The molecule has 102 valence electrons. The molecule has 0 unspecified atom stereocenters. The highest BCUT2D eigenvalue weighted by atomic mass is 127. The molecule has 0 aromatic heterocycles. The topological polar surface area (TPSA) is 33.0 Å². The molecule has 0 bridgehead atoms. The fourth-order valence-corrected chi connectivity index (χ4v) is 2.15. The molecular weight excluding hydrogens is 373 g/mol.